The Morgan fingerprint density at radius 2 is 1.88 bits per heavy atom. The van der Waals surface area contributed by atoms with Gasteiger partial charge in [-0.1, -0.05) is 41.8 Å². The number of imidazole rings is 1. The Labute approximate surface area is 192 Å². The zero-order valence-corrected chi connectivity index (χ0v) is 18.2. The summed E-state index contributed by atoms with van der Waals surface area (Å²) in [6.07, 6.45) is 7.69. The minimum absolute atomic E-state index is 0.0119. The van der Waals surface area contributed by atoms with Crippen LogP contribution in [0.3, 0.4) is 0 Å². The van der Waals surface area contributed by atoms with E-state index in [1.54, 1.807) is 36.7 Å². The van der Waals surface area contributed by atoms with Crippen LogP contribution in [0.5, 0.6) is 5.75 Å². The van der Waals surface area contributed by atoms with Crippen LogP contribution in [0.25, 0.3) is 5.65 Å². The lowest BCUT2D eigenvalue weighted by atomic mass is 9.79. The van der Waals surface area contributed by atoms with E-state index in [2.05, 4.69) is 4.98 Å². The highest BCUT2D eigenvalue weighted by molar-refractivity contribution is 6.42. The predicted octanol–water partition coefficient (Wildman–Crippen LogP) is 4.51. The van der Waals surface area contributed by atoms with Crippen LogP contribution in [0.4, 0.5) is 0 Å². The molecule has 3 heterocycles. The molecule has 2 aliphatic rings. The van der Waals surface area contributed by atoms with Gasteiger partial charge in [0.2, 0.25) is 5.76 Å². The van der Waals surface area contributed by atoms with E-state index in [-0.39, 0.29) is 39.6 Å². The van der Waals surface area contributed by atoms with Gasteiger partial charge in [0.1, 0.15) is 23.0 Å². The number of carbonyl (C=O) groups is 2. The van der Waals surface area contributed by atoms with Gasteiger partial charge in [-0.3, -0.25) is 0 Å². The highest BCUT2D eigenvalue weighted by atomic mass is 35.5. The van der Waals surface area contributed by atoms with Crippen molar-refractivity contribution in [3.8, 4) is 5.75 Å². The molecule has 1 fully saturated rings. The fraction of sp³-hybridized carbons (Fsp3) is 0.227. The lowest BCUT2D eigenvalue weighted by molar-refractivity contribution is -0.325. The molecule has 1 aliphatic carbocycles. The average molecular weight is 474 g/mol. The van der Waals surface area contributed by atoms with Crippen molar-refractivity contribution in [2.75, 3.05) is 0 Å². The van der Waals surface area contributed by atoms with E-state index in [1.165, 1.54) is 0 Å². The summed E-state index contributed by atoms with van der Waals surface area (Å²) in [5.74, 6) is -1.83. The monoisotopic (exact) mass is 473 g/mol. The van der Waals surface area contributed by atoms with Crippen LogP contribution in [0.1, 0.15) is 24.8 Å². The minimum atomic E-state index is -0.857. The van der Waals surface area contributed by atoms with Crippen molar-refractivity contribution in [1.82, 2.24) is 14.6 Å². The lowest BCUT2D eigenvalue weighted by Gasteiger charge is -2.27. The third-order valence-corrected chi connectivity index (χ3v) is 6.26. The summed E-state index contributed by atoms with van der Waals surface area (Å²) >= 11 is 12.3. The number of benzene rings is 1. The molecule has 0 saturated heterocycles. The Kier molecular flexibility index (Phi) is 5.50. The first-order valence-electron chi connectivity index (χ1n) is 10.00. The molecule has 3 aromatic rings. The quantitative estimate of drug-likeness (QED) is 0.538. The molecule has 0 spiro atoms. The van der Waals surface area contributed by atoms with Gasteiger partial charge in [0, 0.05) is 29.4 Å². The normalized spacial score (nSPS) is 17.7. The van der Waals surface area contributed by atoms with Gasteiger partial charge in [-0.15, -0.1) is 0 Å². The average Bonchev–Trinajstić information content (AvgIpc) is 3.18. The molecule has 2 aromatic heterocycles. The number of fused-ring (bicyclic) bond motifs is 1. The molecule has 0 unspecified atom stereocenters. The molecule has 0 atom stereocenters. The smallest absolute Gasteiger partial charge is 0.396 e. The van der Waals surface area contributed by atoms with Crippen LogP contribution < -0.4 is 4.74 Å². The standard InChI is InChI=1S/C22H17Cl2N3O5/c23-15-7-2-8-16(18(15)24)30-19-17(13-4-1-5-13)21(28)31-27(32-22(19)29)12-14-6-3-10-26-11-9-25-20(14)26/h2-3,6-11,13H,1,4-5,12H2. The van der Waals surface area contributed by atoms with E-state index in [0.717, 1.165) is 24.5 Å². The van der Waals surface area contributed by atoms with Gasteiger partial charge in [-0.2, -0.15) is 0 Å². The summed E-state index contributed by atoms with van der Waals surface area (Å²) in [7, 11) is 0. The molecule has 10 heteroatoms. The second kappa shape index (κ2) is 8.46. The van der Waals surface area contributed by atoms with Crippen LogP contribution in [-0.4, -0.2) is 26.5 Å². The van der Waals surface area contributed by atoms with Gasteiger partial charge in [-0.05, 0) is 37.0 Å². The largest absolute Gasteiger partial charge is 0.447 e. The number of aromatic nitrogens is 2. The van der Waals surface area contributed by atoms with Crippen molar-refractivity contribution in [3.05, 3.63) is 75.9 Å². The van der Waals surface area contributed by atoms with E-state index in [0.29, 0.717) is 11.2 Å². The van der Waals surface area contributed by atoms with Crippen molar-refractivity contribution < 1.29 is 24.0 Å². The summed E-state index contributed by atoms with van der Waals surface area (Å²) in [4.78, 5) is 41.2. The number of halogens is 2. The molecule has 0 bridgehead atoms. The van der Waals surface area contributed by atoms with E-state index >= 15 is 0 Å². The van der Waals surface area contributed by atoms with Crippen molar-refractivity contribution in [2.24, 2.45) is 5.92 Å². The predicted molar refractivity (Wildman–Crippen MR) is 114 cm³/mol. The number of hydroxylamine groups is 2. The first-order chi connectivity index (χ1) is 15.5. The van der Waals surface area contributed by atoms with Gasteiger partial charge in [0.15, 0.2) is 0 Å². The Bertz CT molecular complexity index is 1250. The molecule has 164 valence electrons. The fourth-order valence-electron chi connectivity index (χ4n) is 3.65. The molecule has 0 radical (unpaired) electrons. The Hall–Kier alpha value is -3.07. The molecule has 1 aromatic carbocycles. The number of pyridine rings is 1. The van der Waals surface area contributed by atoms with E-state index in [9.17, 15) is 9.59 Å². The van der Waals surface area contributed by atoms with E-state index in [1.807, 2.05) is 16.7 Å². The maximum Gasteiger partial charge on any atom is 0.396 e. The maximum absolute atomic E-state index is 13.1. The topological polar surface area (TPSA) is 82.4 Å². The SMILES string of the molecule is O=C1ON(Cc2cccn3ccnc23)OC(=O)C(C2CCC2)=C1Oc1cccc(Cl)c1Cl. The third kappa shape index (κ3) is 3.81. The second-order valence-corrected chi connectivity index (χ2v) is 8.25. The molecule has 0 amide bonds. The number of ether oxygens (including phenoxy) is 1. The van der Waals surface area contributed by atoms with E-state index in [4.69, 9.17) is 37.6 Å². The molecular weight excluding hydrogens is 457 g/mol. The molecule has 5 rings (SSSR count). The minimum Gasteiger partial charge on any atom is -0.447 e. The first-order valence-corrected chi connectivity index (χ1v) is 10.8. The third-order valence-electron chi connectivity index (χ3n) is 5.46. The zero-order valence-electron chi connectivity index (χ0n) is 16.7. The number of carbonyl (C=O) groups excluding carboxylic acids is 2. The van der Waals surface area contributed by atoms with Gasteiger partial charge in [-0.25, -0.2) is 14.6 Å². The van der Waals surface area contributed by atoms with Crippen LogP contribution in [0, 0.1) is 5.92 Å². The van der Waals surface area contributed by atoms with Crippen LogP contribution in [0.15, 0.2) is 60.3 Å². The molecular formula is C22H17Cl2N3O5. The van der Waals surface area contributed by atoms with Crippen LogP contribution >= 0.6 is 23.2 Å². The van der Waals surface area contributed by atoms with Gasteiger partial charge in [0.05, 0.1) is 10.6 Å². The highest BCUT2D eigenvalue weighted by Crippen LogP contribution is 2.39. The Balaban J connectivity index is 1.47. The van der Waals surface area contributed by atoms with E-state index < -0.39 is 11.9 Å². The lowest BCUT2D eigenvalue weighted by Crippen LogP contribution is -2.29. The number of hydrogen-bond acceptors (Lipinski definition) is 7. The molecule has 32 heavy (non-hydrogen) atoms. The van der Waals surface area contributed by atoms with Crippen LogP contribution in [0.2, 0.25) is 10.0 Å². The summed E-state index contributed by atoms with van der Waals surface area (Å²) < 4.78 is 7.61. The van der Waals surface area contributed by atoms with Crippen molar-refractivity contribution >= 4 is 40.8 Å². The van der Waals surface area contributed by atoms with Crippen molar-refractivity contribution in [3.63, 3.8) is 0 Å². The number of hydrogen-bond donors (Lipinski definition) is 0. The molecule has 0 N–H and O–H groups in total. The highest BCUT2D eigenvalue weighted by Gasteiger charge is 2.40. The fourth-order valence-corrected chi connectivity index (χ4v) is 3.98. The summed E-state index contributed by atoms with van der Waals surface area (Å²) in [5.41, 5.74) is 1.49. The van der Waals surface area contributed by atoms with Crippen molar-refractivity contribution in [2.45, 2.75) is 25.8 Å². The van der Waals surface area contributed by atoms with Crippen molar-refractivity contribution in [1.29, 1.82) is 0 Å². The number of nitrogens with zero attached hydrogens (tertiary/aromatic N) is 3. The van der Waals surface area contributed by atoms with Gasteiger partial charge >= 0.3 is 11.9 Å². The molecule has 1 saturated carbocycles. The molecule has 1 aliphatic heterocycles. The Morgan fingerprint density at radius 3 is 2.66 bits per heavy atom. The van der Waals surface area contributed by atoms with Crippen LogP contribution in [-0.2, 0) is 25.8 Å². The summed E-state index contributed by atoms with van der Waals surface area (Å²) in [5, 5.41) is 1.24. The summed E-state index contributed by atoms with van der Waals surface area (Å²) in [6.45, 7) is -0.0119. The molecule has 8 nitrogen and oxygen atoms in total. The maximum atomic E-state index is 13.1. The second-order valence-electron chi connectivity index (χ2n) is 7.46. The zero-order chi connectivity index (χ0) is 22.2. The summed E-state index contributed by atoms with van der Waals surface area (Å²) in [6, 6.07) is 8.40. The number of rotatable bonds is 5. The van der Waals surface area contributed by atoms with Gasteiger partial charge in [0.25, 0.3) is 0 Å². The Morgan fingerprint density at radius 1 is 1.06 bits per heavy atom. The first kappa shape index (κ1) is 20.8. The van der Waals surface area contributed by atoms with Gasteiger partial charge < -0.3 is 18.8 Å².